The Kier molecular flexibility index (Phi) is 2.89. The molecule has 2 atom stereocenters. The Balaban J connectivity index is 2.67. The third-order valence-electron chi connectivity index (χ3n) is 2.12. The van der Waals surface area contributed by atoms with Crippen LogP contribution in [0, 0.1) is 0 Å². The van der Waals surface area contributed by atoms with E-state index in [0.717, 1.165) is 0 Å². The number of nitrogens with one attached hydrogen (secondary N) is 1. The van der Waals surface area contributed by atoms with Crippen LogP contribution in [0.3, 0.4) is 0 Å². The van der Waals surface area contributed by atoms with Crippen LogP contribution in [-0.4, -0.2) is 37.3 Å². The molecule has 0 aromatic carbocycles. The van der Waals surface area contributed by atoms with Crippen molar-refractivity contribution < 1.29 is 18.3 Å². The number of hydrogen-bond acceptors (Lipinski definition) is 4. The van der Waals surface area contributed by atoms with Gasteiger partial charge in [0.05, 0.1) is 5.25 Å². The Morgan fingerprint density at radius 1 is 1.54 bits per heavy atom. The molecule has 0 amide bonds. The zero-order valence-corrected chi connectivity index (χ0v) is 7.75. The highest BCUT2D eigenvalue weighted by atomic mass is 32.2. The first kappa shape index (κ1) is 10.4. The summed E-state index contributed by atoms with van der Waals surface area (Å²) in [5.74, 6) is -1.03. The van der Waals surface area contributed by atoms with Gasteiger partial charge < -0.3 is 10.4 Å². The van der Waals surface area contributed by atoms with E-state index < -0.39 is 27.3 Å². The molecule has 1 heterocycles. The van der Waals surface area contributed by atoms with Gasteiger partial charge in [-0.3, -0.25) is 4.79 Å². The molecule has 0 saturated carbocycles. The van der Waals surface area contributed by atoms with Crippen molar-refractivity contribution in [2.24, 2.45) is 5.14 Å². The third kappa shape index (κ3) is 2.64. The average Bonchev–Trinajstić information content (AvgIpc) is 2.03. The molecule has 7 heteroatoms. The van der Waals surface area contributed by atoms with Crippen molar-refractivity contribution in [2.75, 3.05) is 6.54 Å². The maximum atomic E-state index is 10.9. The molecule has 2 unspecified atom stereocenters. The minimum Gasteiger partial charge on any atom is -0.480 e. The average molecular weight is 208 g/mol. The van der Waals surface area contributed by atoms with Gasteiger partial charge in [-0.05, 0) is 19.4 Å². The Bertz CT molecular complexity index is 300. The maximum absolute atomic E-state index is 10.9. The van der Waals surface area contributed by atoms with E-state index in [-0.39, 0.29) is 6.42 Å². The molecule has 0 bridgehead atoms. The second-order valence-corrected chi connectivity index (χ2v) is 4.93. The molecule has 1 aliphatic rings. The molecule has 1 rings (SSSR count). The lowest BCUT2D eigenvalue weighted by molar-refractivity contribution is -0.140. The monoisotopic (exact) mass is 208 g/mol. The summed E-state index contributed by atoms with van der Waals surface area (Å²) < 4.78 is 21.8. The third-order valence-corrected chi connectivity index (χ3v) is 3.48. The Hall–Kier alpha value is -0.660. The first-order chi connectivity index (χ1) is 5.91. The number of carboxylic acids is 1. The fourth-order valence-corrected chi connectivity index (χ4v) is 2.28. The molecule has 1 fully saturated rings. The van der Waals surface area contributed by atoms with Crippen molar-refractivity contribution in [3.05, 3.63) is 0 Å². The Morgan fingerprint density at radius 3 is 2.62 bits per heavy atom. The first-order valence-electron chi connectivity index (χ1n) is 3.89. The van der Waals surface area contributed by atoms with Crippen molar-refractivity contribution in [1.82, 2.24) is 5.32 Å². The number of carboxylic acid groups (broad SMARTS) is 1. The summed E-state index contributed by atoms with van der Waals surface area (Å²) in [4.78, 5) is 10.5. The summed E-state index contributed by atoms with van der Waals surface area (Å²) in [7, 11) is -3.60. The predicted octanol–water partition coefficient (Wildman–Crippen LogP) is -1.52. The van der Waals surface area contributed by atoms with E-state index in [2.05, 4.69) is 5.32 Å². The molecule has 4 N–H and O–H groups in total. The highest BCUT2D eigenvalue weighted by molar-refractivity contribution is 7.89. The second-order valence-electron chi connectivity index (χ2n) is 3.08. The molecule has 1 aliphatic heterocycles. The van der Waals surface area contributed by atoms with Gasteiger partial charge in [-0.1, -0.05) is 0 Å². The van der Waals surface area contributed by atoms with E-state index in [1.807, 2.05) is 0 Å². The van der Waals surface area contributed by atoms with E-state index in [1.54, 1.807) is 0 Å². The minimum atomic E-state index is -3.60. The van der Waals surface area contributed by atoms with E-state index in [9.17, 15) is 13.2 Å². The number of rotatable bonds is 2. The van der Waals surface area contributed by atoms with E-state index in [1.165, 1.54) is 0 Å². The lowest BCUT2D eigenvalue weighted by Crippen LogP contribution is -2.48. The summed E-state index contributed by atoms with van der Waals surface area (Å²) in [6, 6.07) is -0.794. The zero-order valence-electron chi connectivity index (χ0n) is 6.93. The van der Waals surface area contributed by atoms with Crippen molar-refractivity contribution in [1.29, 1.82) is 0 Å². The molecule has 76 valence electrons. The van der Waals surface area contributed by atoms with E-state index in [0.29, 0.717) is 13.0 Å². The normalized spacial score (nSPS) is 29.9. The van der Waals surface area contributed by atoms with Gasteiger partial charge in [-0.25, -0.2) is 13.6 Å². The molecule has 6 nitrogen and oxygen atoms in total. The van der Waals surface area contributed by atoms with E-state index >= 15 is 0 Å². The fourth-order valence-electron chi connectivity index (χ4n) is 1.37. The lowest BCUT2D eigenvalue weighted by Gasteiger charge is -2.25. The summed E-state index contributed by atoms with van der Waals surface area (Å²) in [5, 5.41) is 15.5. The minimum absolute atomic E-state index is 0.0498. The quantitative estimate of drug-likeness (QED) is 0.510. The largest absolute Gasteiger partial charge is 0.480 e. The van der Waals surface area contributed by atoms with Crippen LogP contribution < -0.4 is 10.5 Å². The van der Waals surface area contributed by atoms with Crippen LogP contribution in [0.1, 0.15) is 12.8 Å². The number of primary sulfonamides is 1. The van der Waals surface area contributed by atoms with E-state index in [4.69, 9.17) is 10.2 Å². The zero-order chi connectivity index (χ0) is 10.1. The van der Waals surface area contributed by atoms with Crippen LogP contribution in [0.4, 0.5) is 0 Å². The number of nitrogens with two attached hydrogens (primary N) is 1. The number of piperidine rings is 1. The Morgan fingerprint density at radius 2 is 2.15 bits per heavy atom. The van der Waals surface area contributed by atoms with Gasteiger partial charge in [0.15, 0.2) is 0 Å². The molecule has 13 heavy (non-hydrogen) atoms. The SMILES string of the molecule is NS(=O)(=O)C1CCNC(C(=O)O)C1. The molecular weight excluding hydrogens is 196 g/mol. The van der Waals surface area contributed by atoms with Gasteiger partial charge in [0.1, 0.15) is 6.04 Å². The van der Waals surface area contributed by atoms with Gasteiger partial charge >= 0.3 is 5.97 Å². The summed E-state index contributed by atoms with van der Waals surface area (Å²) in [6.45, 7) is 0.373. The number of aliphatic carboxylic acids is 1. The molecule has 0 aromatic rings. The highest BCUT2D eigenvalue weighted by Crippen LogP contribution is 2.14. The standard InChI is InChI=1S/C6H12N2O4S/c7-13(11,12)4-1-2-8-5(3-4)6(9)10/h4-5,8H,1-3H2,(H,9,10)(H2,7,11,12). The lowest BCUT2D eigenvalue weighted by atomic mass is 10.1. The Labute approximate surface area is 76.2 Å². The maximum Gasteiger partial charge on any atom is 0.320 e. The number of carbonyl (C=O) groups is 1. The summed E-state index contributed by atoms with van der Waals surface area (Å²) in [5.41, 5.74) is 0. The molecule has 0 radical (unpaired) electrons. The second kappa shape index (κ2) is 3.60. The van der Waals surface area contributed by atoms with Crippen LogP contribution in [-0.2, 0) is 14.8 Å². The molecule has 1 saturated heterocycles. The van der Waals surface area contributed by atoms with Crippen LogP contribution in [0.25, 0.3) is 0 Å². The fraction of sp³-hybridized carbons (Fsp3) is 0.833. The van der Waals surface area contributed by atoms with Crippen molar-refractivity contribution in [3.8, 4) is 0 Å². The predicted molar refractivity (Wildman–Crippen MR) is 45.6 cm³/mol. The van der Waals surface area contributed by atoms with Gasteiger partial charge in [-0.2, -0.15) is 0 Å². The molecule has 0 spiro atoms. The van der Waals surface area contributed by atoms with Crippen LogP contribution >= 0.6 is 0 Å². The van der Waals surface area contributed by atoms with Crippen molar-refractivity contribution in [2.45, 2.75) is 24.1 Å². The molecule has 0 aromatic heterocycles. The first-order valence-corrected chi connectivity index (χ1v) is 5.50. The van der Waals surface area contributed by atoms with Gasteiger partial charge in [0.2, 0.25) is 10.0 Å². The number of hydrogen-bond donors (Lipinski definition) is 3. The molecule has 0 aliphatic carbocycles. The topological polar surface area (TPSA) is 109 Å². The summed E-state index contributed by atoms with van der Waals surface area (Å²) >= 11 is 0. The highest BCUT2D eigenvalue weighted by Gasteiger charge is 2.32. The van der Waals surface area contributed by atoms with Crippen LogP contribution in [0.2, 0.25) is 0 Å². The van der Waals surface area contributed by atoms with Crippen LogP contribution in [0.15, 0.2) is 0 Å². The molecular formula is C6H12N2O4S. The summed E-state index contributed by atoms with van der Waals surface area (Å²) in [6.07, 6.45) is 0.427. The van der Waals surface area contributed by atoms with Gasteiger partial charge in [0, 0.05) is 0 Å². The van der Waals surface area contributed by atoms with Crippen molar-refractivity contribution >= 4 is 16.0 Å². The van der Waals surface area contributed by atoms with Crippen molar-refractivity contribution in [3.63, 3.8) is 0 Å². The smallest absolute Gasteiger partial charge is 0.320 e. The van der Waals surface area contributed by atoms with Gasteiger partial charge in [0.25, 0.3) is 0 Å². The van der Waals surface area contributed by atoms with Crippen LogP contribution in [0.5, 0.6) is 0 Å². The number of sulfonamides is 1. The van der Waals surface area contributed by atoms with Gasteiger partial charge in [-0.15, -0.1) is 0 Å².